The van der Waals surface area contributed by atoms with Crippen molar-refractivity contribution in [2.45, 2.75) is 21.5 Å². The molecule has 1 aliphatic rings. The number of halogens is 1. The highest BCUT2D eigenvalue weighted by atomic mass is 32.2. The molecule has 0 spiro atoms. The minimum Gasteiger partial charge on any atom is -0.321 e. The van der Waals surface area contributed by atoms with E-state index >= 15 is 0 Å². The van der Waals surface area contributed by atoms with Crippen LogP contribution in [0.5, 0.6) is 0 Å². The van der Waals surface area contributed by atoms with Crippen LogP contribution in [-0.4, -0.2) is 37.3 Å². The van der Waals surface area contributed by atoms with Crippen molar-refractivity contribution in [2.75, 3.05) is 10.2 Å². The van der Waals surface area contributed by atoms with Crippen LogP contribution in [0.2, 0.25) is 0 Å². The fraction of sp³-hybridized carbons (Fsp3) is 0.0625. The summed E-state index contributed by atoms with van der Waals surface area (Å²) in [6, 6.07) is 25.5. The number of hydrogen-bond donors (Lipinski definition) is 3. The summed E-state index contributed by atoms with van der Waals surface area (Å²) in [7, 11) is -3.92. The van der Waals surface area contributed by atoms with Gasteiger partial charge in [-0.25, -0.2) is 22.8 Å². The summed E-state index contributed by atoms with van der Waals surface area (Å²) >= 11 is 1.17. The molecule has 228 valence electrons. The highest BCUT2D eigenvalue weighted by Crippen LogP contribution is 2.34. The molecule has 13 heteroatoms. The molecule has 4 aromatic rings. The molecule has 45 heavy (non-hydrogen) atoms. The Kier molecular flexibility index (Phi) is 9.23. The molecule has 1 saturated heterocycles. The minimum absolute atomic E-state index is 0.0580. The second kappa shape index (κ2) is 13.3. The number of hydrogen-bond acceptors (Lipinski definition) is 7. The van der Waals surface area contributed by atoms with E-state index < -0.39 is 44.7 Å². The number of carbonyl (C=O) groups is 4. The van der Waals surface area contributed by atoms with Gasteiger partial charge in [-0.3, -0.25) is 19.2 Å². The van der Waals surface area contributed by atoms with Crippen molar-refractivity contribution in [3.8, 4) is 0 Å². The summed E-state index contributed by atoms with van der Waals surface area (Å²) in [6.45, 7) is 0. The standard InChI is InChI=1S/C32H25FN4O6S2/c33-22-8-6-20(7-9-22)18-27(36-30(39)21-4-2-1-3-5-21)31(40)35-23-10-14-25(15-11-23)44-28-19-29(38)37(32(28)41)24-12-16-26(17-13-24)45(34,42)43/h1-18,28H,19H2,(H,35,40)(H,36,39)(H2,34,42,43)/b27-18-. The Hall–Kier alpha value is -5.11. The van der Waals surface area contributed by atoms with Gasteiger partial charge in [-0.2, -0.15) is 0 Å². The number of nitrogens with one attached hydrogen (secondary N) is 2. The SMILES string of the molecule is NS(=O)(=O)c1ccc(N2C(=O)CC(Sc3ccc(NC(=O)/C(=C/c4ccc(F)cc4)NC(=O)c4ccccc4)cc3)C2=O)cc1. The first-order valence-electron chi connectivity index (χ1n) is 13.4. The number of nitrogens with zero attached hydrogens (tertiary/aromatic N) is 1. The molecule has 0 radical (unpaired) electrons. The number of primary sulfonamides is 1. The lowest BCUT2D eigenvalue weighted by atomic mass is 10.1. The number of anilines is 2. The summed E-state index contributed by atoms with van der Waals surface area (Å²) in [6.07, 6.45) is 1.37. The molecule has 4 N–H and O–H groups in total. The molecule has 4 aromatic carbocycles. The van der Waals surface area contributed by atoms with Gasteiger partial charge >= 0.3 is 0 Å². The fourth-order valence-corrected chi connectivity index (χ4v) is 5.97. The lowest BCUT2D eigenvalue weighted by Crippen LogP contribution is -2.31. The van der Waals surface area contributed by atoms with E-state index in [4.69, 9.17) is 5.14 Å². The predicted octanol–water partition coefficient (Wildman–Crippen LogP) is 4.31. The Labute approximate surface area is 262 Å². The van der Waals surface area contributed by atoms with Gasteiger partial charge in [-0.1, -0.05) is 30.3 Å². The molecular weight excluding hydrogens is 620 g/mol. The van der Waals surface area contributed by atoms with Crippen molar-refractivity contribution < 1.29 is 32.0 Å². The summed E-state index contributed by atoms with van der Waals surface area (Å²) in [5.74, 6) is -2.45. The summed E-state index contributed by atoms with van der Waals surface area (Å²) in [5, 5.41) is 9.75. The summed E-state index contributed by atoms with van der Waals surface area (Å²) in [4.78, 5) is 53.3. The largest absolute Gasteiger partial charge is 0.321 e. The van der Waals surface area contributed by atoms with Crippen molar-refractivity contribution in [3.63, 3.8) is 0 Å². The molecule has 1 heterocycles. The number of carbonyl (C=O) groups excluding carboxylic acids is 4. The van der Waals surface area contributed by atoms with Gasteiger partial charge in [0.1, 0.15) is 11.5 Å². The number of nitrogens with two attached hydrogens (primary N) is 1. The van der Waals surface area contributed by atoms with Crippen molar-refractivity contribution >= 4 is 62.9 Å². The van der Waals surface area contributed by atoms with Gasteiger partial charge in [0.25, 0.3) is 11.8 Å². The van der Waals surface area contributed by atoms with E-state index in [9.17, 15) is 32.0 Å². The van der Waals surface area contributed by atoms with E-state index in [-0.39, 0.29) is 22.7 Å². The van der Waals surface area contributed by atoms with Crippen LogP contribution in [0.1, 0.15) is 22.3 Å². The molecule has 1 atom stereocenters. The zero-order valence-electron chi connectivity index (χ0n) is 23.3. The number of benzene rings is 4. The average molecular weight is 645 g/mol. The van der Waals surface area contributed by atoms with Crippen LogP contribution >= 0.6 is 11.8 Å². The Balaban J connectivity index is 1.27. The summed E-state index contributed by atoms with van der Waals surface area (Å²) < 4.78 is 36.5. The van der Waals surface area contributed by atoms with E-state index in [2.05, 4.69) is 10.6 Å². The lowest BCUT2D eigenvalue weighted by molar-refractivity contribution is -0.121. The quantitative estimate of drug-likeness (QED) is 0.181. The maximum absolute atomic E-state index is 13.4. The first-order valence-corrected chi connectivity index (χ1v) is 15.8. The molecule has 0 aromatic heterocycles. The Morgan fingerprint density at radius 2 is 1.53 bits per heavy atom. The van der Waals surface area contributed by atoms with Crippen molar-refractivity contribution in [1.82, 2.24) is 5.32 Å². The second-order valence-electron chi connectivity index (χ2n) is 9.83. The van der Waals surface area contributed by atoms with Crippen molar-refractivity contribution in [3.05, 3.63) is 126 Å². The monoisotopic (exact) mass is 644 g/mol. The van der Waals surface area contributed by atoms with E-state index in [1.807, 2.05) is 0 Å². The molecule has 1 unspecified atom stereocenters. The van der Waals surface area contributed by atoms with Crippen LogP contribution < -0.4 is 20.7 Å². The molecule has 0 aliphatic carbocycles. The maximum atomic E-state index is 13.4. The molecule has 10 nitrogen and oxygen atoms in total. The zero-order chi connectivity index (χ0) is 32.1. The predicted molar refractivity (Wildman–Crippen MR) is 168 cm³/mol. The molecular formula is C32H25FN4O6S2. The first kappa shape index (κ1) is 31.3. The number of rotatable bonds is 9. The van der Waals surface area contributed by atoms with E-state index in [0.29, 0.717) is 21.7 Å². The Morgan fingerprint density at radius 1 is 0.889 bits per heavy atom. The van der Waals surface area contributed by atoms with Gasteiger partial charge < -0.3 is 10.6 Å². The van der Waals surface area contributed by atoms with Gasteiger partial charge in [0.2, 0.25) is 21.8 Å². The highest BCUT2D eigenvalue weighted by molar-refractivity contribution is 8.00. The van der Waals surface area contributed by atoms with Crippen molar-refractivity contribution in [1.29, 1.82) is 0 Å². The van der Waals surface area contributed by atoms with E-state index in [1.165, 1.54) is 66.4 Å². The van der Waals surface area contributed by atoms with Crippen LogP contribution in [-0.2, 0) is 24.4 Å². The van der Waals surface area contributed by atoms with Crippen molar-refractivity contribution in [2.24, 2.45) is 5.14 Å². The third kappa shape index (κ3) is 7.70. The highest BCUT2D eigenvalue weighted by Gasteiger charge is 2.40. The molecule has 4 amide bonds. The van der Waals surface area contributed by atoms with Gasteiger partial charge in [0, 0.05) is 22.6 Å². The van der Waals surface area contributed by atoms with Crippen LogP contribution in [0.25, 0.3) is 6.08 Å². The third-order valence-electron chi connectivity index (χ3n) is 6.63. The molecule has 5 rings (SSSR count). The third-order valence-corrected chi connectivity index (χ3v) is 8.76. The molecule has 0 saturated carbocycles. The van der Waals surface area contributed by atoms with E-state index in [1.54, 1.807) is 54.6 Å². The number of imide groups is 1. The minimum atomic E-state index is -3.92. The second-order valence-corrected chi connectivity index (χ2v) is 12.7. The first-order chi connectivity index (χ1) is 21.5. The Morgan fingerprint density at radius 3 is 2.16 bits per heavy atom. The van der Waals surface area contributed by atoms with Crippen LogP contribution in [0.15, 0.2) is 119 Å². The smallest absolute Gasteiger partial charge is 0.272 e. The van der Waals surface area contributed by atoms with Gasteiger partial charge in [0.15, 0.2) is 0 Å². The topological polar surface area (TPSA) is 156 Å². The number of thioether (sulfide) groups is 1. The van der Waals surface area contributed by atoms with Gasteiger partial charge in [-0.15, -0.1) is 11.8 Å². The number of amides is 4. The van der Waals surface area contributed by atoms with E-state index in [0.717, 1.165) is 4.90 Å². The maximum Gasteiger partial charge on any atom is 0.272 e. The summed E-state index contributed by atoms with van der Waals surface area (Å²) in [5.41, 5.74) is 1.40. The van der Waals surface area contributed by atoms with Gasteiger partial charge in [0.05, 0.1) is 15.8 Å². The van der Waals surface area contributed by atoms with Crippen LogP contribution in [0, 0.1) is 5.82 Å². The normalized spacial score (nSPS) is 15.2. The molecule has 0 bridgehead atoms. The molecule has 1 aliphatic heterocycles. The van der Waals surface area contributed by atoms with Crippen LogP contribution in [0.3, 0.4) is 0 Å². The zero-order valence-corrected chi connectivity index (χ0v) is 25.0. The fourth-order valence-electron chi connectivity index (χ4n) is 4.40. The average Bonchev–Trinajstić information content (AvgIpc) is 3.30. The molecule has 1 fully saturated rings. The number of sulfonamides is 1. The van der Waals surface area contributed by atoms with Gasteiger partial charge in [-0.05, 0) is 84.4 Å². The Bertz CT molecular complexity index is 1900. The van der Waals surface area contributed by atoms with Crippen LogP contribution in [0.4, 0.5) is 15.8 Å². The lowest BCUT2D eigenvalue weighted by Gasteiger charge is -2.15.